The number of Topliss-reactive ketones (excluding diaryl/α,β-unsaturated/α-hetero) is 2. The summed E-state index contributed by atoms with van der Waals surface area (Å²) in [5.74, 6) is -13.8. The summed E-state index contributed by atoms with van der Waals surface area (Å²) in [6.45, 7) is 6.46. The van der Waals surface area contributed by atoms with Crippen LogP contribution in [-0.4, -0.2) is 160 Å². The Morgan fingerprint density at radius 2 is 1.12 bits per heavy atom. The van der Waals surface area contributed by atoms with Gasteiger partial charge in [-0.15, -0.1) is 5.06 Å². The predicted octanol–water partition coefficient (Wildman–Crippen LogP) is 4.86. The molecule has 5 amide bonds. The van der Waals surface area contributed by atoms with Crippen LogP contribution in [0.2, 0.25) is 13.3 Å². The summed E-state index contributed by atoms with van der Waals surface area (Å²) < 4.78 is 15.7. The van der Waals surface area contributed by atoms with Gasteiger partial charge in [-0.3, -0.25) is 43.2 Å². The van der Waals surface area contributed by atoms with Crippen LogP contribution in [0.3, 0.4) is 0 Å². The molecular formula is C54H82N4O19Sn. The van der Waals surface area contributed by atoms with Gasteiger partial charge in [0, 0.05) is 50.9 Å². The van der Waals surface area contributed by atoms with Crippen LogP contribution in [0.15, 0.2) is 24.3 Å². The molecule has 0 aromatic heterocycles. The molecule has 7 N–H and O–H groups in total. The summed E-state index contributed by atoms with van der Waals surface area (Å²) in [6.07, 6.45) is 2.33. The van der Waals surface area contributed by atoms with Crippen molar-refractivity contribution in [1.82, 2.24) is 21.0 Å². The number of nitrogens with one attached hydrogen (secondary N) is 3. The number of nitrogens with zero attached hydrogens (tertiary/aromatic N) is 1. The van der Waals surface area contributed by atoms with Gasteiger partial charge in [0.25, 0.3) is 11.8 Å². The van der Waals surface area contributed by atoms with Gasteiger partial charge in [0.2, 0.25) is 11.8 Å². The number of hydrogen-bond donors (Lipinski definition) is 7. The molecule has 0 bridgehead atoms. The molecule has 2 rings (SSSR count). The second-order valence-corrected chi connectivity index (χ2v) is 33.0. The minimum absolute atomic E-state index is 0.00454. The van der Waals surface area contributed by atoms with E-state index in [9.17, 15) is 78.0 Å². The second kappa shape index (κ2) is 37.9. The van der Waals surface area contributed by atoms with Crippen LogP contribution in [0.5, 0.6) is 0 Å². The molecule has 0 saturated carbocycles. The van der Waals surface area contributed by atoms with Crippen LogP contribution in [-0.2, 0) is 67.1 Å². The molecule has 78 heavy (non-hydrogen) atoms. The average Bonchev–Trinajstić information content (AvgIpc) is 3.72. The Morgan fingerprint density at radius 1 is 0.603 bits per heavy atom. The fourth-order valence-electron chi connectivity index (χ4n) is 9.04. The van der Waals surface area contributed by atoms with Gasteiger partial charge < -0.3 is 40.3 Å². The van der Waals surface area contributed by atoms with E-state index >= 15 is 0 Å². The number of ketones is 2. The Bertz CT molecular complexity index is 2150. The molecule has 4 atom stereocenters. The van der Waals surface area contributed by atoms with Crippen molar-refractivity contribution in [1.29, 1.82) is 0 Å². The normalized spacial score (nSPS) is 14.0. The van der Waals surface area contributed by atoms with Crippen molar-refractivity contribution >= 4 is 92.9 Å². The molecule has 1 aromatic carbocycles. The van der Waals surface area contributed by atoms with Crippen molar-refractivity contribution in [3.8, 4) is 0 Å². The number of amides is 5. The molecule has 1 aliphatic rings. The zero-order valence-electron chi connectivity index (χ0n) is 45.5. The molecule has 1 aromatic rings. The maximum absolute atomic E-state index is 13.8. The second-order valence-electron chi connectivity index (χ2n) is 19.7. The third-order valence-corrected chi connectivity index (χ3v) is 29.2. The number of unbranched alkanes of at least 4 members (excludes halogenated alkanes) is 4. The number of rotatable bonds is 45. The van der Waals surface area contributed by atoms with Gasteiger partial charge in [0.15, 0.2) is 5.78 Å². The van der Waals surface area contributed by atoms with E-state index < -0.39 is 159 Å². The summed E-state index contributed by atoms with van der Waals surface area (Å²) in [6, 6.07) is 5.04. The number of benzene rings is 1. The molecule has 0 radical (unpaired) electrons. The summed E-state index contributed by atoms with van der Waals surface area (Å²) in [5.41, 5.74) is 0.581. The Balaban J connectivity index is 2.04. The summed E-state index contributed by atoms with van der Waals surface area (Å²) in [5, 5.41) is 46.6. The van der Waals surface area contributed by atoms with Gasteiger partial charge in [0.05, 0.1) is 44.9 Å². The van der Waals surface area contributed by atoms with Crippen molar-refractivity contribution in [3.05, 3.63) is 29.8 Å². The van der Waals surface area contributed by atoms with Crippen molar-refractivity contribution in [3.63, 3.8) is 0 Å². The number of carbonyl (C=O) groups excluding carboxylic acids is 8. The topological polar surface area (TPSA) is 353 Å². The molecule has 436 valence electrons. The van der Waals surface area contributed by atoms with Crippen molar-refractivity contribution in [2.75, 3.05) is 33.0 Å². The van der Waals surface area contributed by atoms with Gasteiger partial charge in [-0.1, -0.05) is 0 Å². The van der Waals surface area contributed by atoms with Gasteiger partial charge >= 0.3 is 224 Å². The molecule has 1 aliphatic heterocycles. The summed E-state index contributed by atoms with van der Waals surface area (Å²) in [4.78, 5) is 154. The molecule has 24 heteroatoms. The van der Waals surface area contributed by atoms with E-state index in [1.54, 1.807) is 6.07 Å². The number of aliphatic carboxylic acids is 4. The SMILES string of the molecule is CCC[CH2][Sn]([CH2]CCC)([CH2]CCC)[c]1cccc(C(=O)NCCCC[C@@H](CC(=O)[C@@H](CCC(=O)O)NC(=O)[C@@H](CCC(=O)O)CC(=O)[C@@H](CCC(=O)O)NC(=O)CCOCCOCCC(=O)ON2C(=O)CCC2=O)C(=O)O)c1. The summed E-state index contributed by atoms with van der Waals surface area (Å²) >= 11 is -2.82. The van der Waals surface area contributed by atoms with E-state index in [-0.39, 0.29) is 71.0 Å². The number of carboxylic acid groups (broad SMARTS) is 4. The minimum atomic E-state index is -2.82. The Labute approximate surface area is 459 Å². The van der Waals surface area contributed by atoms with E-state index in [0.717, 1.165) is 19.3 Å². The molecule has 1 saturated heterocycles. The molecule has 0 unspecified atom stereocenters. The fourth-order valence-corrected chi connectivity index (χ4v) is 25.1. The predicted molar refractivity (Wildman–Crippen MR) is 284 cm³/mol. The van der Waals surface area contributed by atoms with Crippen LogP contribution < -0.4 is 19.5 Å². The number of ether oxygens (including phenoxy) is 2. The molecule has 1 fully saturated rings. The zero-order chi connectivity index (χ0) is 58.0. The van der Waals surface area contributed by atoms with Crippen LogP contribution >= 0.6 is 0 Å². The van der Waals surface area contributed by atoms with E-state index in [1.807, 2.05) is 6.07 Å². The molecule has 0 spiro atoms. The van der Waals surface area contributed by atoms with Crippen LogP contribution in [0.1, 0.15) is 166 Å². The first-order valence-corrected chi connectivity index (χ1v) is 34.8. The van der Waals surface area contributed by atoms with Crippen LogP contribution in [0, 0.1) is 11.8 Å². The van der Waals surface area contributed by atoms with Gasteiger partial charge in [0.1, 0.15) is 0 Å². The van der Waals surface area contributed by atoms with E-state index in [1.165, 1.54) is 36.2 Å². The van der Waals surface area contributed by atoms with E-state index in [2.05, 4.69) is 48.9 Å². The van der Waals surface area contributed by atoms with Crippen LogP contribution in [0.25, 0.3) is 0 Å². The standard InChI is InChI=1S/C42H55N4O19.3C4H9.Sn/c47-31(29(10-15-37(54)55)44-33(49)17-20-63-22-23-64-21-18-39(58)65-46-34(50)12-13-35(46)51)24-27(9-14-36(52)53)41(60)45-30(11-16-38(56)57)32(48)25-28(42(61)62)8-4-5-19-43-40(59)26-6-2-1-3-7-26;3*1-3-4-2;/h1-2,6-7,27-30H,4-5,8-25H2,(H,43,59)(H,44,49)(H,45,60)(H,52,53)(H,54,55)(H,56,57)(H,61,62);3*1,3-4H2,2H3;/t27-,28-,29+,30+;;;;/m0..../s1. The number of hydrogen-bond acceptors (Lipinski definition) is 15. The zero-order valence-corrected chi connectivity index (χ0v) is 48.3. The number of carbonyl (C=O) groups is 12. The Hall–Kier alpha value is -5.82. The molecular weight excluding hydrogens is 1130 g/mol. The monoisotopic (exact) mass is 1210 g/mol. The Kier molecular flexibility index (Phi) is 33.2. The third kappa shape index (κ3) is 26.7. The third-order valence-electron chi connectivity index (χ3n) is 13.6. The number of imide groups is 1. The number of hydroxylamine groups is 2. The van der Waals surface area contributed by atoms with Crippen molar-refractivity contribution in [2.24, 2.45) is 11.8 Å². The van der Waals surface area contributed by atoms with Gasteiger partial charge in [-0.2, -0.15) is 0 Å². The maximum atomic E-state index is 13.8. The summed E-state index contributed by atoms with van der Waals surface area (Å²) in [7, 11) is 0. The van der Waals surface area contributed by atoms with Gasteiger partial charge in [-0.25, -0.2) is 4.79 Å². The van der Waals surface area contributed by atoms with E-state index in [4.69, 9.17) is 14.3 Å². The first-order chi connectivity index (χ1) is 37.2. The van der Waals surface area contributed by atoms with Crippen molar-refractivity contribution in [2.45, 2.75) is 181 Å². The molecule has 1 heterocycles. The Morgan fingerprint density at radius 3 is 1.64 bits per heavy atom. The van der Waals surface area contributed by atoms with Crippen LogP contribution in [0.4, 0.5) is 0 Å². The van der Waals surface area contributed by atoms with E-state index in [0.29, 0.717) is 23.5 Å². The molecule has 23 nitrogen and oxygen atoms in total. The number of carboxylic acids is 4. The van der Waals surface area contributed by atoms with Crippen molar-refractivity contribution < 1.29 is 92.3 Å². The molecule has 0 aliphatic carbocycles. The first-order valence-electron chi connectivity index (χ1n) is 27.3. The van der Waals surface area contributed by atoms with Gasteiger partial charge in [-0.05, 0) is 19.3 Å². The first kappa shape index (κ1) is 68.3. The quantitative estimate of drug-likeness (QED) is 0.0260. The average molecular weight is 1210 g/mol. The fraction of sp³-hybridized carbons (Fsp3) is 0.667.